The van der Waals surface area contributed by atoms with Gasteiger partial charge in [-0.05, 0) is 63.7 Å². The molecule has 106 valence electrons. The molecule has 0 spiro atoms. The van der Waals surface area contributed by atoms with E-state index in [9.17, 15) is 0 Å². The number of rotatable bonds is 5. The molecule has 1 unspecified atom stereocenters. The van der Waals surface area contributed by atoms with Crippen LogP contribution in [-0.4, -0.2) is 5.11 Å². The van der Waals surface area contributed by atoms with Crippen molar-refractivity contribution in [3.8, 4) is 11.5 Å². The Morgan fingerprint density at radius 3 is 2.40 bits per heavy atom. The van der Waals surface area contributed by atoms with Crippen molar-refractivity contribution in [3.63, 3.8) is 0 Å². The van der Waals surface area contributed by atoms with Crippen LogP contribution in [0.1, 0.15) is 37.3 Å². The van der Waals surface area contributed by atoms with Gasteiger partial charge >= 0.3 is 0 Å². The molecule has 2 nitrogen and oxygen atoms in total. The molecule has 0 fully saturated rings. The van der Waals surface area contributed by atoms with Crippen LogP contribution in [0.4, 0.5) is 0 Å². The average molecular weight is 335 g/mol. The maximum absolute atomic E-state index is 9.09. The van der Waals surface area contributed by atoms with E-state index < -0.39 is 0 Å². The fraction of sp³-hybridized carbons (Fsp3) is 0.294. The molecule has 3 heteroatoms. The molecule has 0 aliphatic heterocycles. The van der Waals surface area contributed by atoms with Crippen LogP contribution in [0.2, 0.25) is 0 Å². The highest BCUT2D eigenvalue weighted by atomic mass is 79.9. The number of halogens is 1. The Balaban J connectivity index is 2.14. The van der Waals surface area contributed by atoms with Crippen molar-refractivity contribution in [2.45, 2.75) is 32.8 Å². The summed E-state index contributed by atoms with van der Waals surface area (Å²) < 4.78 is 6.69. The number of hydrogen-bond acceptors (Lipinski definition) is 2. The van der Waals surface area contributed by atoms with Crippen molar-refractivity contribution < 1.29 is 9.84 Å². The third-order valence-electron chi connectivity index (χ3n) is 3.47. The van der Waals surface area contributed by atoms with E-state index in [1.165, 1.54) is 5.56 Å². The maximum Gasteiger partial charge on any atom is 0.141 e. The van der Waals surface area contributed by atoms with Gasteiger partial charge in [-0.15, -0.1) is 0 Å². The summed E-state index contributed by atoms with van der Waals surface area (Å²) in [6, 6.07) is 13.8. The molecular weight excluding hydrogens is 316 g/mol. The van der Waals surface area contributed by atoms with E-state index >= 15 is 0 Å². The first-order chi connectivity index (χ1) is 9.63. The average Bonchev–Trinajstić information content (AvgIpc) is 2.49. The van der Waals surface area contributed by atoms with E-state index in [1.807, 2.05) is 30.3 Å². The highest BCUT2D eigenvalue weighted by Crippen LogP contribution is 2.31. The molecule has 2 aromatic rings. The van der Waals surface area contributed by atoms with Crippen molar-refractivity contribution in [1.29, 1.82) is 0 Å². The van der Waals surface area contributed by atoms with Gasteiger partial charge in [0.1, 0.15) is 11.5 Å². The van der Waals surface area contributed by atoms with Gasteiger partial charge < -0.3 is 9.84 Å². The van der Waals surface area contributed by atoms with Gasteiger partial charge in [0.25, 0.3) is 0 Å². The number of hydrogen-bond donors (Lipinski definition) is 1. The van der Waals surface area contributed by atoms with Gasteiger partial charge in [0.15, 0.2) is 0 Å². The Hall–Kier alpha value is -1.32. The summed E-state index contributed by atoms with van der Waals surface area (Å²) in [5.41, 5.74) is 2.19. The minimum atomic E-state index is 0.0302. The van der Waals surface area contributed by atoms with Crippen LogP contribution >= 0.6 is 15.9 Å². The van der Waals surface area contributed by atoms with E-state index in [0.717, 1.165) is 28.0 Å². The predicted octanol–water partition coefficient (Wildman–Crippen LogP) is 5.25. The molecule has 2 aromatic carbocycles. The zero-order chi connectivity index (χ0) is 14.5. The molecule has 0 aliphatic rings. The molecule has 0 bridgehead atoms. The zero-order valence-electron chi connectivity index (χ0n) is 11.8. The molecule has 0 heterocycles. The third-order valence-corrected chi connectivity index (χ3v) is 4.09. The van der Waals surface area contributed by atoms with Gasteiger partial charge in [-0.25, -0.2) is 0 Å². The monoisotopic (exact) mass is 334 g/mol. The van der Waals surface area contributed by atoms with Gasteiger partial charge in [-0.1, -0.05) is 32.0 Å². The highest BCUT2D eigenvalue weighted by Gasteiger charge is 2.06. The van der Waals surface area contributed by atoms with Crippen LogP contribution in [0.3, 0.4) is 0 Å². The van der Waals surface area contributed by atoms with Crippen LogP contribution in [0.5, 0.6) is 11.5 Å². The summed E-state index contributed by atoms with van der Waals surface area (Å²) >= 11 is 3.46. The first kappa shape index (κ1) is 15.1. The molecule has 0 amide bonds. The lowest BCUT2D eigenvalue weighted by molar-refractivity contribution is 0.281. The van der Waals surface area contributed by atoms with Gasteiger partial charge in [0.2, 0.25) is 0 Å². The second-order valence-corrected chi connectivity index (χ2v) is 5.76. The normalized spacial score (nSPS) is 12.2. The molecule has 2 rings (SSSR count). The second kappa shape index (κ2) is 6.91. The fourth-order valence-electron chi connectivity index (χ4n) is 1.95. The van der Waals surface area contributed by atoms with Gasteiger partial charge in [0.05, 0.1) is 11.1 Å². The Labute approximate surface area is 128 Å². The van der Waals surface area contributed by atoms with Crippen molar-refractivity contribution >= 4 is 15.9 Å². The minimum absolute atomic E-state index is 0.0302. The molecule has 0 aliphatic carbocycles. The molecule has 0 saturated heterocycles. The summed E-state index contributed by atoms with van der Waals surface area (Å²) in [5.74, 6) is 2.13. The third kappa shape index (κ3) is 3.62. The summed E-state index contributed by atoms with van der Waals surface area (Å²) in [6.07, 6.45) is 1.13. The van der Waals surface area contributed by atoms with Crippen molar-refractivity contribution in [3.05, 3.63) is 58.1 Å². The van der Waals surface area contributed by atoms with Crippen LogP contribution in [-0.2, 0) is 6.61 Å². The highest BCUT2D eigenvalue weighted by molar-refractivity contribution is 9.10. The molecule has 20 heavy (non-hydrogen) atoms. The van der Waals surface area contributed by atoms with Crippen molar-refractivity contribution in [1.82, 2.24) is 0 Å². The van der Waals surface area contributed by atoms with Gasteiger partial charge in [-0.3, -0.25) is 0 Å². The fourth-order valence-corrected chi connectivity index (χ4v) is 2.46. The lowest BCUT2D eigenvalue weighted by Gasteiger charge is -2.12. The molecule has 0 saturated carbocycles. The Bertz CT molecular complexity index is 564. The van der Waals surface area contributed by atoms with E-state index in [-0.39, 0.29) is 6.61 Å². The Morgan fingerprint density at radius 2 is 1.85 bits per heavy atom. The van der Waals surface area contributed by atoms with Gasteiger partial charge in [-0.2, -0.15) is 0 Å². The van der Waals surface area contributed by atoms with E-state index in [1.54, 1.807) is 0 Å². The predicted molar refractivity (Wildman–Crippen MR) is 85.3 cm³/mol. The molecule has 1 atom stereocenters. The van der Waals surface area contributed by atoms with Crippen molar-refractivity contribution in [2.75, 3.05) is 0 Å². The Morgan fingerprint density at radius 1 is 1.15 bits per heavy atom. The summed E-state index contributed by atoms with van der Waals surface area (Å²) in [7, 11) is 0. The number of benzene rings is 2. The van der Waals surface area contributed by atoms with E-state index in [2.05, 4.69) is 41.9 Å². The minimum Gasteiger partial charge on any atom is -0.456 e. The van der Waals surface area contributed by atoms with Crippen LogP contribution in [0.15, 0.2) is 46.9 Å². The lowest BCUT2D eigenvalue weighted by atomic mass is 9.99. The molecule has 0 radical (unpaired) electrons. The smallest absolute Gasteiger partial charge is 0.141 e. The molecule has 1 N–H and O–H groups in total. The number of ether oxygens (including phenoxy) is 1. The first-order valence-corrected chi connectivity index (χ1v) is 7.60. The quantitative estimate of drug-likeness (QED) is 0.809. The zero-order valence-corrected chi connectivity index (χ0v) is 13.4. The molecular formula is C17H19BrO2. The number of aliphatic hydroxyl groups is 1. The van der Waals surface area contributed by atoms with E-state index in [4.69, 9.17) is 9.84 Å². The summed E-state index contributed by atoms with van der Waals surface area (Å²) in [5, 5.41) is 9.09. The SMILES string of the molecule is CCC(C)c1ccc(Oc2ccc(CO)cc2Br)cc1. The van der Waals surface area contributed by atoms with Crippen LogP contribution < -0.4 is 4.74 Å². The summed E-state index contributed by atoms with van der Waals surface area (Å²) in [6.45, 7) is 4.44. The lowest BCUT2D eigenvalue weighted by Crippen LogP contribution is -1.92. The van der Waals surface area contributed by atoms with Crippen LogP contribution in [0, 0.1) is 0 Å². The maximum atomic E-state index is 9.09. The first-order valence-electron chi connectivity index (χ1n) is 6.81. The van der Waals surface area contributed by atoms with Gasteiger partial charge in [0, 0.05) is 0 Å². The van der Waals surface area contributed by atoms with Crippen LogP contribution in [0.25, 0.3) is 0 Å². The van der Waals surface area contributed by atoms with E-state index in [0.29, 0.717) is 5.92 Å². The van der Waals surface area contributed by atoms with Crippen molar-refractivity contribution in [2.24, 2.45) is 0 Å². The standard InChI is InChI=1S/C17H19BrO2/c1-3-12(2)14-5-7-15(8-6-14)20-17-9-4-13(11-19)10-16(17)18/h4-10,12,19H,3,11H2,1-2H3. The number of aliphatic hydroxyl groups excluding tert-OH is 1. The summed E-state index contributed by atoms with van der Waals surface area (Å²) in [4.78, 5) is 0. The second-order valence-electron chi connectivity index (χ2n) is 4.90. The topological polar surface area (TPSA) is 29.5 Å². The largest absolute Gasteiger partial charge is 0.456 e. The molecule has 0 aromatic heterocycles. The Kier molecular flexibility index (Phi) is 5.21.